The Morgan fingerprint density at radius 2 is 1.50 bits per heavy atom. The molecule has 0 radical (unpaired) electrons. The van der Waals surface area contributed by atoms with Gasteiger partial charge in [-0.3, -0.25) is 0 Å². The first-order chi connectivity index (χ1) is 6.78. The van der Waals surface area contributed by atoms with Crippen LogP contribution >= 0.6 is 15.9 Å². The minimum atomic E-state index is 0.921. The van der Waals surface area contributed by atoms with Crippen LogP contribution in [0, 0.1) is 35.5 Å². The number of hydrogen-bond donors (Lipinski definition) is 0. The lowest BCUT2D eigenvalue weighted by molar-refractivity contribution is -0.0542. The van der Waals surface area contributed by atoms with Crippen LogP contribution in [0.3, 0.4) is 0 Å². The Hall–Kier alpha value is 0.480. The van der Waals surface area contributed by atoms with Gasteiger partial charge in [0.2, 0.25) is 0 Å². The number of hydrogen-bond acceptors (Lipinski definition) is 0. The van der Waals surface area contributed by atoms with Crippen molar-refractivity contribution in [1.29, 1.82) is 0 Å². The molecule has 1 atom stereocenters. The van der Waals surface area contributed by atoms with Gasteiger partial charge in [0.15, 0.2) is 0 Å². The summed E-state index contributed by atoms with van der Waals surface area (Å²) in [5.41, 5.74) is 0. The highest BCUT2D eigenvalue weighted by Crippen LogP contribution is 2.58. The predicted octanol–water partition coefficient (Wildman–Crippen LogP) is 4.09. The number of rotatable bonds is 2. The summed E-state index contributed by atoms with van der Waals surface area (Å²) >= 11 is 3.68. The van der Waals surface area contributed by atoms with E-state index in [0.717, 1.165) is 35.5 Å². The SMILES string of the molecule is CC(CBr)C1C2CC3CC(C2)CC1C3. The van der Waals surface area contributed by atoms with Gasteiger partial charge in [0.1, 0.15) is 0 Å². The van der Waals surface area contributed by atoms with E-state index in [4.69, 9.17) is 0 Å². The molecule has 4 rings (SSSR count). The van der Waals surface area contributed by atoms with E-state index in [9.17, 15) is 0 Å². The molecule has 80 valence electrons. The van der Waals surface area contributed by atoms with E-state index < -0.39 is 0 Å². The van der Waals surface area contributed by atoms with E-state index in [-0.39, 0.29) is 0 Å². The smallest absolute Gasteiger partial charge is 0.00598 e. The van der Waals surface area contributed by atoms with Crippen LogP contribution in [0.25, 0.3) is 0 Å². The van der Waals surface area contributed by atoms with Crippen molar-refractivity contribution in [2.24, 2.45) is 35.5 Å². The summed E-state index contributed by atoms with van der Waals surface area (Å²) in [5.74, 6) is 6.48. The average molecular weight is 257 g/mol. The zero-order valence-corrected chi connectivity index (χ0v) is 10.7. The Bertz CT molecular complexity index is 195. The highest BCUT2D eigenvalue weighted by Gasteiger charge is 2.49. The van der Waals surface area contributed by atoms with Crippen LogP contribution in [0.4, 0.5) is 0 Å². The Morgan fingerprint density at radius 1 is 1.00 bits per heavy atom. The molecule has 0 spiro atoms. The van der Waals surface area contributed by atoms with Crippen molar-refractivity contribution < 1.29 is 0 Å². The summed E-state index contributed by atoms with van der Waals surface area (Å²) in [4.78, 5) is 0. The second-order valence-electron chi connectivity index (χ2n) is 6.14. The lowest BCUT2D eigenvalue weighted by Crippen LogP contribution is -2.47. The first-order valence-corrected chi connectivity index (χ1v) is 7.46. The maximum absolute atomic E-state index is 3.68. The summed E-state index contributed by atoms with van der Waals surface area (Å²) in [6, 6.07) is 0. The molecule has 0 N–H and O–H groups in total. The molecule has 0 aliphatic heterocycles. The molecule has 14 heavy (non-hydrogen) atoms. The van der Waals surface area contributed by atoms with Crippen LogP contribution in [0.2, 0.25) is 0 Å². The summed E-state index contributed by atoms with van der Waals surface area (Å²) in [6.07, 6.45) is 7.90. The Morgan fingerprint density at radius 3 is 1.93 bits per heavy atom. The van der Waals surface area contributed by atoms with Gasteiger partial charge in [0.05, 0.1) is 0 Å². The Kier molecular flexibility index (Phi) is 2.42. The average Bonchev–Trinajstić information content (AvgIpc) is 2.15. The number of alkyl halides is 1. The molecule has 1 unspecified atom stereocenters. The van der Waals surface area contributed by atoms with Gasteiger partial charge in [-0.15, -0.1) is 0 Å². The largest absolute Gasteiger partial charge is 0.0925 e. The predicted molar refractivity (Wildman–Crippen MR) is 63.5 cm³/mol. The van der Waals surface area contributed by atoms with Crippen LogP contribution in [-0.4, -0.2) is 5.33 Å². The molecule has 1 heteroatoms. The topological polar surface area (TPSA) is 0 Å². The molecule has 4 fully saturated rings. The summed E-state index contributed by atoms with van der Waals surface area (Å²) in [7, 11) is 0. The fourth-order valence-electron chi connectivity index (χ4n) is 5.00. The van der Waals surface area contributed by atoms with Crippen molar-refractivity contribution in [3.63, 3.8) is 0 Å². The van der Waals surface area contributed by atoms with Crippen molar-refractivity contribution >= 4 is 15.9 Å². The molecule has 4 aliphatic carbocycles. The summed E-state index contributed by atoms with van der Waals surface area (Å²) < 4.78 is 0. The second-order valence-corrected chi connectivity index (χ2v) is 6.79. The van der Waals surface area contributed by atoms with Crippen molar-refractivity contribution in [3.8, 4) is 0 Å². The molecule has 0 aromatic heterocycles. The molecule has 0 heterocycles. The van der Waals surface area contributed by atoms with E-state index in [1.54, 1.807) is 32.1 Å². The quantitative estimate of drug-likeness (QED) is 0.653. The van der Waals surface area contributed by atoms with Gasteiger partial charge in [-0.05, 0) is 67.6 Å². The minimum absolute atomic E-state index is 0.921. The van der Waals surface area contributed by atoms with Gasteiger partial charge >= 0.3 is 0 Å². The molecular formula is C13H21Br. The normalized spacial score (nSPS) is 52.3. The zero-order chi connectivity index (χ0) is 9.71. The zero-order valence-electron chi connectivity index (χ0n) is 9.08. The van der Waals surface area contributed by atoms with Crippen molar-refractivity contribution in [2.45, 2.75) is 39.0 Å². The lowest BCUT2D eigenvalue weighted by atomic mass is 9.50. The van der Waals surface area contributed by atoms with Crippen molar-refractivity contribution in [3.05, 3.63) is 0 Å². The van der Waals surface area contributed by atoms with Crippen LogP contribution in [0.1, 0.15) is 39.0 Å². The minimum Gasteiger partial charge on any atom is -0.0925 e. The van der Waals surface area contributed by atoms with Crippen LogP contribution in [0.5, 0.6) is 0 Å². The molecular weight excluding hydrogens is 236 g/mol. The number of halogens is 1. The third-order valence-electron chi connectivity index (χ3n) is 5.20. The summed E-state index contributed by atoms with van der Waals surface area (Å²) in [6.45, 7) is 2.46. The monoisotopic (exact) mass is 256 g/mol. The molecule has 0 aromatic rings. The first kappa shape index (κ1) is 9.69. The van der Waals surface area contributed by atoms with Gasteiger partial charge in [0.25, 0.3) is 0 Å². The van der Waals surface area contributed by atoms with Gasteiger partial charge in [-0.2, -0.15) is 0 Å². The van der Waals surface area contributed by atoms with Gasteiger partial charge in [-0.1, -0.05) is 22.9 Å². The maximum atomic E-state index is 3.68. The van der Waals surface area contributed by atoms with Crippen molar-refractivity contribution in [2.75, 3.05) is 5.33 Å². The van der Waals surface area contributed by atoms with Crippen molar-refractivity contribution in [1.82, 2.24) is 0 Å². The summed E-state index contributed by atoms with van der Waals surface area (Å²) in [5, 5.41) is 1.22. The van der Waals surface area contributed by atoms with Gasteiger partial charge in [0, 0.05) is 5.33 Å². The van der Waals surface area contributed by atoms with Crippen LogP contribution in [-0.2, 0) is 0 Å². The Labute approximate surface area is 96.0 Å². The third-order valence-corrected chi connectivity index (χ3v) is 6.22. The Balaban J connectivity index is 1.81. The molecule has 4 aliphatic rings. The third kappa shape index (κ3) is 1.38. The highest BCUT2D eigenvalue weighted by molar-refractivity contribution is 9.09. The van der Waals surface area contributed by atoms with Gasteiger partial charge in [-0.25, -0.2) is 0 Å². The molecule has 0 nitrogen and oxygen atoms in total. The molecule has 0 aromatic carbocycles. The van der Waals surface area contributed by atoms with Crippen LogP contribution in [0.15, 0.2) is 0 Å². The van der Waals surface area contributed by atoms with Gasteiger partial charge < -0.3 is 0 Å². The van der Waals surface area contributed by atoms with E-state index in [0.29, 0.717) is 0 Å². The standard InChI is InChI=1S/C13H21Br/c1-8(7-14)13-11-3-9-2-10(5-11)6-12(13)4-9/h8-13H,2-7H2,1H3. The van der Waals surface area contributed by atoms with E-state index in [1.165, 1.54) is 5.33 Å². The lowest BCUT2D eigenvalue weighted by Gasteiger charge is -2.56. The maximum Gasteiger partial charge on any atom is 0.00598 e. The highest BCUT2D eigenvalue weighted by atomic mass is 79.9. The molecule has 0 amide bonds. The van der Waals surface area contributed by atoms with E-state index in [2.05, 4.69) is 22.9 Å². The molecule has 4 bridgehead atoms. The van der Waals surface area contributed by atoms with E-state index in [1.807, 2.05) is 0 Å². The van der Waals surface area contributed by atoms with Crippen LogP contribution < -0.4 is 0 Å². The first-order valence-electron chi connectivity index (χ1n) is 6.34. The van der Waals surface area contributed by atoms with E-state index >= 15 is 0 Å². The molecule has 4 saturated carbocycles. The second kappa shape index (κ2) is 3.50. The fourth-order valence-corrected chi connectivity index (χ4v) is 5.43. The fraction of sp³-hybridized carbons (Fsp3) is 1.00. The molecule has 0 saturated heterocycles.